The summed E-state index contributed by atoms with van der Waals surface area (Å²) in [5.41, 5.74) is 0.864. The molecule has 1 saturated heterocycles. The van der Waals surface area contributed by atoms with Crippen molar-refractivity contribution < 1.29 is 27.0 Å². The van der Waals surface area contributed by atoms with Crippen molar-refractivity contribution >= 4 is 74.5 Å². The van der Waals surface area contributed by atoms with E-state index in [1.807, 2.05) is 0 Å². The van der Waals surface area contributed by atoms with Crippen molar-refractivity contribution in [2.45, 2.75) is 11.8 Å². The molecule has 0 bridgehead atoms. The predicted molar refractivity (Wildman–Crippen MR) is 136 cm³/mol. The van der Waals surface area contributed by atoms with Crippen LogP contribution in [0.2, 0.25) is 15.1 Å². The maximum atomic E-state index is 13.1. The average Bonchev–Trinajstić information content (AvgIpc) is 2.81. The summed E-state index contributed by atoms with van der Waals surface area (Å²) in [5, 5.41) is 2.71. The number of rotatable bonds is 5. The number of carbonyl (C=O) groups excluding carboxylic acids is 3. The van der Waals surface area contributed by atoms with Crippen molar-refractivity contribution in [3.8, 4) is 5.75 Å². The highest BCUT2D eigenvalue weighted by molar-refractivity contribution is 7.87. The summed E-state index contributed by atoms with van der Waals surface area (Å²) in [5.74, 6) is -1.94. The summed E-state index contributed by atoms with van der Waals surface area (Å²) in [6, 6.07) is 13.0. The van der Waals surface area contributed by atoms with Gasteiger partial charge in [0, 0.05) is 10.0 Å². The van der Waals surface area contributed by atoms with E-state index in [1.165, 1.54) is 60.7 Å². The van der Waals surface area contributed by atoms with Crippen LogP contribution in [0.5, 0.6) is 5.75 Å². The molecule has 3 aromatic rings. The topological polar surface area (TPSA) is 110 Å². The third-order valence-corrected chi connectivity index (χ3v) is 7.29. The van der Waals surface area contributed by atoms with Gasteiger partial charge in [0.2, 0.25) is 0 Å². The normalized spacial score (nSPS) is 15.3. The Morgan fingerprint density at radius 3 is 2.22 bits per heavy atom. The minimum Gasteiger partial charge on any atom is -0.377 e. The maximum Gasteiger partial charge on any atom is 0.339 e. The second-order valence-corrected chi connectivity index (χ2v) is 10.4. The minimum atomic E-state index is -4.19. The second-order valence-electron chi connectivity index (χ2n) is 7.57. The smallest absolute Gasteiger partial charge is 0.339 e. The van der Waals surface area contributed by atoms with E-state index in [-0.39, 0.29) is 32.5 Å². The number of nitrogens with zero attached hydrogens (tertiary/aromatic N) is 1. The van der Waals surface area contributed by atoms with E-state index in [1.54, 1.807) is 13.0 Å². The number of hydrogen-bond acceptors (Lipinski definition) is 6. The summed E-state index contributed by atoms with van der Waals surface area (Å²) in [4.78, 5) is 38.5. The summed E-state index contributed by atoms with van der Waals surface area (Å²) in [7, 11) is -4.19. The number of imide groups is 2. The number of barbiturate groups is 1. The van der Waals surface area contributed by atoms with Crippen molar-refractivity contribution in [3.05, 3.63) is 92.4 Å². The van der Waals surface area contributed by atoms with Gasteiger partial charge in [0.25, 0.3) is 11.8 Å². The number of urea groups is 1. The van der Waals surface area contributed by atoms with Crippen LogP contribution in [0.3, 0.4) is 0 Å². The predicted octanol–water partition coefficient (Wildman–Crippen LogP) is 5.39. The van der Waals surface area contributed by atoms with Crippen LogP contribution >= 0.6 is 34.8 Å². The first-order chi connectivity index (χ1) is 17.0. The fraction of sp³-hybridized carbons (Fsp3) is 0.0417. The molecule has 0 atom stereocenters. The van der Waals surface area contributed by atoms with Gasteiger partial charge in [0.15, 0.2) is 5.75 Å². The van der Waals surface area contributed by atoms with Gasteiger partial charge >= 0.3 is 16.1 Å². The Bertz CT molecular complexity index is 1550. The number of aryl methyl sites for hydroxylation is 1. The van der Waals surface area contributed by atoms with Gasteiger partial charge in [-0.3, -0.25) is 14.9 Å². The van der Waals surface area contributed by atoms with E-state index in [2.05, 4.69) is 5.32 Å². The number of halogens is 3. The van der Waals surface area contributed by atoms with Crippen LogP contribution in [0.4, 0.5) is 10.5 Å². The molecule has 0 aromatic heterocycles. The van der Waals surface area contributed by atoms with Crippen LogP contribution in [0.25, 0.3) is 6.08 Å². The Kier molecular flexibility index (Phi) is 7.10. The molecule has 1 aliphatic heterocycles. The van der Waals surface area contributed by atoms with Gasteiger partial charge in [0.05, 0.1) is 10.7 Å². The first-order valence-electron chi connectivity index (χ1n) is 10.1. The number of amides is 4. The molecular formula is C24H15Cl3N2O6S. The fourth-order valence-corrected chi connectivity index (χ4v) is 4.74. The molecule has 12 heteroatoms. The van der Waals surface area contributed by atoms with Crippen LogP contribution in [-0.4, -0.2) is 26.3 Å². The summed E-state index contributed by atoms with van der Waals surface area (Å²) in [6.45, 7) is 1.76. The third kappa shape index (κ3) is 5.24. The van der Waals surface area contributed by atoms with Crippen molar-refractivity contribution in [1.82, 2.24) is 5.32 Å². The van der Waals surface area contributed by atoms with Crippen molar-refractivity contribution in [2.75, 3.05) is 4.90 Å². The lowest BCUT2D eigenvalue weighted by Crippen LogP contribution is -2.54. The highest BCUT2D eigenvalue weighted by Crippen LogP contribution is 2.31. The molecule has 1 heterocycles. The quantitative estimate of drug-likeness (QED) is 0.252. The monoisotopic (exact) mass is 564 g/mol. The zero-order valence-corrected chi connectivity index (χ0v) is 21.4. The molecule has 36 heavy (non-hydrogen) atoms. The average molecular weight is 566 g/mol. The standard InChI is InChI=1S/C24H15Cl3N2O6S/c1-13-2-6-16(12-19(13)26)29-23(31)18(22(30)28-24(29)32)10-14-3-9-21(20(27)11-14)35-36(33,34)17-7-4-15(25)5-8-17/h2-12H,1H3,(H,28,30,32)/b18-10+. The Morgan fingerprint density at radius 1 is 0.889 bits per heavy atom. The highest BCUT2D eigenvalue weighted by atomic mass is 35.5. The molecule has 184 valence electrons. The molecule has 0 radical (unpaired) electrons. The van der Waals surface area contributed by atoms with Gasteiger partial charge < -0.3 is 4.18 Å². The van der Waals surface area contributed by atoms with Crippen LogP contribution in [0.1, 0.15) is 11.1 Å². The molecule has 0 saturated carbocycles. The summed E-state index contributed by atoms with van der Waals surface area (Å²) >= 11 is 18.1. The molecule has 1 N–H and O–H groups in total. The van der Waals surface area contributed by atoms with Crippen LogP contribution in [0, 0.1) is 6.92 Å². The summed E-state index contributed by atoms with van der Waals surface area (Å²) in [6.07, 6.45) is 1.22. The number of benzene rings is 3. The SMILES string of the molecule is Cc1ccc(N2C(=O)NC(=O)/C(=C\c3ccc(OS(=O)(=O)c4ccc(Cl)cc4)c(Cl)c3)C2=O)cc1Cl. The number of nitrogens with one attached hydrogen (secondary N) is 1. The lowest BCUT2D eigenvalue weighted by atomic mass is 10.1. The molecule has 4 amide bonds. The van der Waals surface area contributed by atoms with Gasteiger partial charge in [-0.15, -0.1) is 0 Å². The zero-order valence-electron chi connectivity index (χ0n) is 18.3. The van der Waals surface area contributed by atoms with Crippen molar-refractivity contribution in [3.63, 3.8) is 0 Å². The first kappa shape index (κ1) is 25.7. The van der Waals surface area contributed by atoms with E-state index in [0.29, 0.717) is 10.0 Å². The Hall–Kier alpha value is -3.37. The van der Waals surface area contributed by atoms with Gasteiger partial charge in [-0.2, -0.15) is 8.42 Å². The third-order valence-electron chi connectivity index (χ3n) is 5.08. The molecule has 0 aliphatic carbocycles. The molecule has 4 rings (SSSR count). The molecular weight excluding hydrogens is 551 g/mol. The Morgan fingerprint density at radius 2 is 1.58 bits per heavy atom. The number of carbonyl (C=O) groups is 3. The largest absolute Gasteiger partial charge is 0.377 e. The Balaban J connectivity index is 1.62. The second kappa shape index (κ2) is 9.94. The van der Waals surface area contributed by atoms with E-state index in [0.717, 1.165) is 10.5 Å². The van der Waals surface area contributed by atoms with Crippen molar-refractivity contribution in [1.29, 1.82) is 0 Å². The van der Waals surface area contributed by atoms with Gasteiger partial charge in [0.1, 0.15) is 10.5 Å². The van der Waals surface area contributed by atoms with Crippen LogP contribution in [0.15, 0.2) is 71.1 Å². The lowest BCUT2D eigenvalue weighted by Gasteiger charge is -2.26. The van der Waals surface area contributed by atoms with Gasteiger partial charge in [-0.05, 0) is 72.7 Å². The molecule has 3 aromatic carbocycles. The zero-order chi connectivity index (χ0) is 26.2. The Labute approximate surface area is 221 Å². The highest BCUT2D eigenvalue weighted by Gasteiger charge is 2.37. The molecule has 1 fully saturated rings. The van der Waals surface area contributed by atoms with Crippen molar-refractivity contribution in [2.24, 2.45) is 0 Å². The molecule has 0 unspecified atom stereocenters. The van der Waals surface area contributed by atoms with Gasteiger partial charge in [-0.1, -0.05) is 46.9 Å². The van der Waals surface area contributed by atoms with E-state index >= 15 is 0 Å². The van der Waals surface area contributed by atoms with Crippen LogP contribution in [-0.2, 0) is 19.7 Å². The van der Waals surface area contributed by atoms with Crippen LogP contribution < -0.4 is 14.4 Å². The summed E-state index contributed by atoms with van der Waals surface area (Å²) < 4.78 is 30.2. The number of anilines is 1. The van der Waals surface area contributed by atoms with E-state index in [9.17, 15) is 22.8 Å². The minimum absolute atomic E-state index is 0.0937. The molecule has 8 nitrogen and oxygen atoms in total. The number of hydrogen-bond donors (Lipinski definition) is 1. The lowest BCUT2D eigenvalue weighted by molar-refractivity contribution is -0.122. The molecule has 1 aliphatic rings. The maximum absolute atomic E-state index is 13.1. The van der Waals surface area contributed by atoms with Gasteiger partial charge in [-0.25, -0.2) is 9.69 Å². The molecule has 0 spiro atoms. The van der Waals surface area contributed by atoms with E-state index < -0.39 is 28.0 Å². The fourth-order valence-electron chi connectivity index (χ4n) is 3.22. The van der Waals surface area contributed by atoms with E-state index in [4.69, 9.17) is 39.0 Å². The first-order valence-corrected chi connectivity index (χ1v) is 12.7.